The van der Waals surface area contributed by atoms with Crippen LogP contribution in [0.2, 0.25) is 0 Å². The van der Waals surface area contributed by atoms with Crippen molar-refractivity contribution in [2.45, 2.75) is 116 Å². The second-order valence-corrected chi connectivity index (χ2v) is 17.3. The van der Waals surface area contributed by atoms with E-state index in [1.165, 1.54) is 19.1 Å². The molecule has 11 N–H and O–H groups in total. The summed E-state index contributed by atoms with van der Waals surface area (Å²) in [6, 6.07) is 5.80. The molecule has 394 valence electrons. The summed E-state index contributed by atoms with van der Waals surface area (Å²) in [6.45, 7) is 2.79. The number of amides is 8. The summed E-state index contributed by atoms with van der Waals surface area (Å²) in [4.78, 5) is 108. The highest BCUT2D eigenvalue weighted by Gasteiger charge is 2.24. The molecular weight excluding hydrogens is 967 g/mol. The van der Waals surface area contributed by atoms with Crippen LogP contribution in [0.25, 0.3) is 0 Å². The lowest BCUT2D eigenvalue weighted by Gasteiger charge is -2.17. The van der Waals surface area contributed by atoms with Gasteiger partial charge in [-0.3, -0.25) is 58.9 Å². The Hall–Kier alpha value is -6.35. The van der Waals surface area contributed by atoms with Crippen LogP contribution < -0.4 is 37.2 Å². The second kappa shape index (κ2) is 34.9. The highest BCUT2D eigenvalue weighted by molar-refractivity contribution is 7.80. The largest absolute Gasteiger partial charge is 0.480 e. The van der Waals surface area contributed by atoms with E-state index in [1.807, 2.05) is 0 Å². The number of nitrogens with zero attached hydrogens (tertiary/aromatic N) is 4. The molecule has 0 saturated heterocycles. The molecule has 24 nitrogen and oxygen atoms in total. The van der Waals surface area contributed by atoms with Crippen molar-refractivity contribution in [2.24, 2.45) is 0 Å². The molecule has 0 spiro atoms. The summed E-state index contributed by atoms with van der Waals surface area (Å²) < 4.78 is 0. The van der Waals surface area contributed by atoms with Crippen LogP contribution >= 0.6 is 24.4 Å². The summed E-state index contributed by atoms with van der Waals surface area (Å²) in [6.07, 6.45) is 8.20. The number of nitrogens with one attached hydrogen (secondary N) is 7. The molecule has 0 aliphatic carbocycles. The molecule has 1 aliphatic rings. The molecule has 8 amide bonds. The predicted molar refractivity (Wildman–Crippen MR) is 266 cm³/mol. The van der Waals surface area contributed by atoms with Crippen molar-refractivity contribution in [3.05, 3.63) is 36.4 Å². The van der Waals surface area contributed by atoms with Crippen LogP contribution in [-0.4, -0.2) is 163 Å². The number of carbonyl (C=O) groups excluding carboxylic acids is 8. The number of hydrogen-bond acceptors (Lipinski definition) is 14. The lowest BCUT2D eigenvalue weighted by Crippen LogP contribution is -2.46. The highest BCUT2D eigenvalue weighted by atomic mass is 32.1. The number of anilines is 2. The van der Waals surface area contributed by atoms with E-state index in [0.717, 1.165) is 4.90 Å². The molecule has 71 heavy (non-hydrogen) atoms. The standard InChI is InChI=1S/C45H69N11O13S2/c1-32(57)54(67)28-9-2-6-24-46-36(58)18-20-41(63)55(68)29-10-3-7-25-47-37(59)19-21-42(64)56(69)30-11-4-8-26-48-44(70)50-33-14-16-34(17-15-33)51-45(71)49-31-38(60)52-35(43(65)66)13-5-12-27-53-39(61)22-23-40(53)62/h14-17,22-23,35,67-69H,2-13,18-21,24-31H2,1H3,(H,46,58)(H,47,59)(H,52,60)(H,65,66)(H2,48,50,70)(H2,49,51,71)/t35-/m0/s1. The first-order chi connectivity index (χ1) is 33.9. The van der Waals surface area contributed by atoms with Crippen LogP contribution in [0.5, 0.6) is 0 Å². The third-order valence-electron chi connectivity index (χ3n) is 10.6. The monoisotopic (exact) mass is 1040 g/mol. The van der Waals surface area contributed by atoms with Gasteiger partial charge in [-0.25, -0.2) is 20.0 Å². The Morgan fingerprint density at radius 2 is 1.00 bits per heavy atom. The summed E-state index contributed by atoms with van der Waals surface area (Å²) in [5.74, 6) is -4.88. The van der Waals surface area contributed by atoms with Crippen LogP contribution in [0.1, 0.15) is 110 Å². The molecule has 0 saturated carbocycles. The average Bonchev–Trinajstić information content (AvgIpc) is 3.66. The van der Waals surface area contributed by atoms with Gasteiger partial charge in [-0.15, -0.1) is 0 Å². The number of carbonyl (C=O) groups is 9. The topological polar surface area (TPSA) is 332 Å². The number of carboxylic acid groups (broad SMARTS) is 1. The van der Waals surface area contributed by atoms with Gasteiger partial charge >= 0.3 is 5.97 Å². The van der Waals surface area contributed by atoms with Gasteiger partial charge in [0, 0.05) is 102 Å². The maximum absolute atomic E-state index is 12.4. The van der Waals surface area contributed by atoms with Gasteiger partial charge in [-0.05, 0) is 126 Å². The number of hydroxylamine groups is 6. The molecule has 0 unspecified atom stereocenters. The van der Waals surface area contributed by atoms with Gasteiger partial charge in [0.2, 0.25) is 35.4 Å². The summed E-state index contributed by atoms with van der Waals surface area (Å²) in [7, 11) is 0. The zero-order valence-corrected chi connectivity index (χ0v) is 41.7. The zero-order chi connectivity index (χ0) is 52.6. The van der Waals surface area contributed by atoms with Crippen molar-refractivity contribution < 1.29 is 63.9 Å². The first kappa shape index (κ1) is 60.8. The van der Waals surface area contributed by atoms with E-state index in [0.29, 0.717) is 122 Å². The van der Waals surface area contributed by atoms with E-state index in [9.17, 15) is 63.9 Å². The van der Waals surface area contributed by atoms with Crippen molar-refractivity contribution in [3.8, 4) is 0 Å². The van der Waals surface area contributed by atoms with E-state index in [4.69, 9.17) is 24.4 Å². The molecule has 1 atom stereocenters. The minimum absolute atomic E-state index is 0.0708. The Morgan fingerprint density at radius 3 is 1.45 bits per heavy atom. The Labute approximate surface area is 423 Å². The van der Waals surface area contributed by atoms with Gasteiger partial charge < -0.3 is 42.3 Å². The van der Waals surface area contributed by atoms with Gasteiger partial charge in [0.1, 0.15) is 6.04 Å². The van der Waals surface area contributed by atoms with Crippen molar-refractivity contribution >= 4 is 99.3 Å². The van der Waals surface area contributed by atoms with Gasteiger partial charge in [0.25, 0.3) is 11.8 Å². The van der Waals surface area contributed by atoms with Gasteiger partial charge in [0.15, 0.2) is 10.2 Å². The molecule has 1 heterocycles. The molecule has 0 bridgehead atoms. The smallest absolute Gasteiger partial charge is 0.326 e. The third-order valence-corrected chi connectivity index (χ3v) is 11.1. The van der Waals surface area contributed by atoms with E-state index >= 15 is 0 Å². The molecular formula is C45H69N11O13S2. The van der Waals surface area contributed by atoms with Crippen LogP contribution in [0.4, 0.5) is 11.4 Å². The number of imide groups is 1. The number of benzene rings is 1. The van der Waals surface area contributed by atoms with Crippen LogP contribution in [0.15, 0.2) is 36.4 Å². The minimum Gasteiger partial charge on any atom is -0.480 e. The molecule has 26 heteroatoms. The summed E-state index contributed by atoms with van der Waals surface area (Å²) in [5, 5.41) is 60.9. The normalized spacial score (nSPS) is 12.1. The lowest BCUT2D eigenvalue weighted by molar-refractivity contribution is -0.166. The Bertz CT molecular complexity index is 1980. The van der Waals surface area contributed by atoms with Crippen molar-refractivity contribution in [1.82, 2.24) is 46.7 Å². The zero-order valence-electron chi connectivity index (χ0n) is 40.1. The van der Waals surface area contributed by atoms with E-state index in [1.54, 1.807) is 24.3 Å². The van der Waals surface area contributed by atoms with E-state index < -0.39 is 47.5 Å². The summed E-state index contributed by atoms with van der Waals surface area (Å²) >= 11 is 10.6. The third kappa shape index (κ3) is 27.6. The lowest BCUT2D eigenvalue weighted by atomic mass is 10.1. The van der Waals surface area contributed by atoms with E-state index in [2.05, 4.69) is 37.2 Å². The number of thiocarbonyl (C=S) groups is 2. The molecule has 0 radical (unpaired) electrons. The van der Waals surface area contributed by atoms with Crippen molar-refractivity contribution in [3.63, 3.8) is 0 Å². The van der Waals surface area contributed by atoms with Crippen molar-refractivity contribution in [1.29, 1.82) is 0 Å². The Kier molecular flexibility index (Phi) is 29.8. The fraction of sp³-hybridized carbons (Fsp3) is 0.578. The molecule has 2 rings (SSSR count). The fourth-order valence-corrected chi connectivity index (χ4v) is 6.96. The molecule has 0 aromatic heterocycles. The maximum Gasteiger partial charge on any atom is 0.326 e. The first-order valence-electron chi connectivity index (χ1n) is 23.6. The molecule has 1 aromatic rings. The Balaban J connectivity index is 1.47. The molecule has 1 aliphatic heterocycles. The van der Waals surface area contributed by atoms with Gasteiger partial charge in [-0.2, -0.15) is 0 Å². The SMILES string of the molecule is CC(=O)N(O)CCCCCNC(=O)CCC(=O)N(O)CCCCCNC(=O)CCC(=O)N(O)CCCCCNC(=S)Nc1ccc(NC(=S)NCC(=O)N[C@@H](CCCCN2C(=O)C=CC2=O)C(=O)O)cc1. The fourth-order valence-electron chi connectivity index (χ4n) is 6.55. The summed E-state index contributed by atoms with van der Waals surface area (Å²) in [5.41, 5.74) is 1.30. The van der Waals surface area contributed by atoms with Gasteiger partial charge in [0.05, 0.1) is 6.54 Å². The van der Waals surface area contributed by atoms with E-state index in [-0.39, 0.29) is 81.8 Å². The number of aliphatic carboxylic acids is 1. The Morgan fingerprint density at radius 1 is 0.563 bits per heavy atom. The number of unbranched alkanes of at least 4 members (excludes halogenated alkanes) is 7. The molecule has 0 fully saturated rings. The van der Waals surface area contributed by atoms with Crippen molar-refractivity contribution in [2.75, 3.05) is 63.0 Å². The van der Waals surface area contributed by atoms with Crippen LogP contribution in [0.3, 0.4) is 0 Å². The average molecular weight is 1040 g/mol. The number of carboxylic acids is 1. The quantitative estimate of drug-likeness (QED) is 0.0152. The van der Waals surface area contributed by atoms with Crippen LogP contribution in [-0.2, 0) is 43.2 Å². The number of rotatable bonds is 35. The first-order valence-corrected chi connectivity index (χ1v) is 24.4. The minimum atomic E-state index is -1.21. The number of hydrogen-bond donors (Lipinski definition) is 11. The van der Waals surface area contributed by atoms with Gasteiger partial charge in [-0.1, -0.05) is 0 Å². The predicted octanol–water partition coefficient (Wildman–Crippen LogP) is 1.90. The second-order valence-electron chi connectivity index (χ2n) is 16.4. The maximum atomic E-state index is 12.4. The van der Waals surface area contributed by atoms with Crippen LogP contribution in [0, 0.1) is 0 Å². The highest BCUT2D eigenvalue weighted by Crippen LogP contribution is 2.14. The molecule has 1 aromatic carbocycles.